The van der Waals surface area contributed by atoms with Gasteiger partial charge in [0.25, 0.3) is 0 Å². The summed E-state index contributed by atoms with van der Waals surface area (Å²) in [6.45, 7) is 8.08. The van der Waals surface area contributed by atoms with Crippen LogP contribution in [0.2, 0.25) is 10.0 Å². The fraction of sp³-hybridized carbons (Fsp3) is 0.364. The second-order valence-corrected chi connectivity index (χ2v) is 8.16. The van der Waals surface area contributed by atoms with Crippen molar-refractivity contribution in [2.45, 2.75) is 38.0 Å². The number of nitrogens with one attached hydrogen (secondary N) is 1. The molecule has 1 aliphatic heterocycles. The zero-order valence-corrected chi connectivity index (χ0v) is 16.6. The molecule has 0 spiro atoms. The Morgan fingerprint density at radius 3 is 1.65 bits per heavy atom. The molecule has 5 atom stereocenters. The number of hydrogen-bond acceptors (Lipinski definition) is 2. The summed E-state index contributed by atoms with van der Waals surface area (Å²) in [6.07, 6.45) is 2.36. The lowest BCUT2D eigenvalue weighted by Gasteiger charge is -2.52. The van der Waals surface area contributed by atoms with Crippen molar-refractivity contribution < 1.29 is 5.11 Å². The molecule has 0 bridgehead atoms. The van der Waals surface area contributed by atoms with Crippen molar-refractivity contribution in [1.82, 2.24) is 5.32 Å². The van der Waals surface area contributed by atoms with E-state index in [0.717, 1.165) is 11.1 Å². The van der Waals surface area contributed by atoms with E-state index in [1.54, 1.807) is 0 Å². The molecule has 2 aromatic rings. The summed E-state index contributed by atoms with van der Waals surface area (Å²) < 4.78 is 0. The summed E-state index contributed by atoms with van der Waals surface area (Å²) in [4.78, 5) is 0. The number of benzene rings is 2. The second kappa shape index (κ2) is 7.74. The summed E-state index contributed by atoms with van der Waals surface area (Å²) in [7, 11) is 0. The van der Waals surface area contributed by atoms with Crippen LogP contribution in [0.15, 0.2) is 61.2 Å². The van der Waals surface area contributed by atoms with E-state index < -0.39 is 5.60 Å². The first-order valence-corrected chi connectivity index (χ1v) is 9.72. The van der Waals surface area contributed by atoms with Gasteiger partial charge in [-0.3, -0.25) is 0 Å². The Bertz CT molecular complexity index is 699. The summed E-state index contributed by atoms with van der Waals surface area (Å²) in [5.74, 6) is 0.0282. The monoisotopic (exact) mass is 389 g/mol. The molecule has 2 aromatic carbocycles. The molecule has 4 heteroatoms. The number of halogens is 2. The quantitative estimate of drug-likeness (QED) is 0.632. The maximum atomic E-state index is 11.6. The molecule has 1 fully saturated rings. The molecule has 1 aliphatic rings. The summed E-state index contributed by atoms with van der Waals surface area (Å²) >= 11 is 12.1. The van der Waals surface area contributed by atoms with Crippen LogP contribution in [0.3, 0.4) is 0 Å². The first kappa shape index (κ1) is 19.4. The van der Waals surface area contributed by atoms with E-state index >= 15 is 0 Å². The molecule has 1 saturated heterocycles. The van der Waals surface area contributed by atoms with Crippen LogP contribution >= 0.6 is 23.2 Å². The van der Waals surface area contributed by atoms with E-state index in [-0.39, 0.29) is 23.9 Å². The molecular formula is C22H25Cl2NO. The molecule has 2 N–H and O–H groups in total. The van der Waals surface area contributed by atoms with Crippen LogP contribution in [0.1, 0.15) is 43.5 Å². The minimum absolute atomic E-state index is 0.00842. The van der Waals surface area contributed by atoms with Gasteiger partial charge in [0, 0.05) is 34.0 Å². The van der Waals surface area contributed by atoms with E-state index in [2.05, 4.69) is 25.7 Å². The number of piperidine rings is 1. The first-order valence-electron chi connectivity index (χ1n) is 8.97. The van der Waals surface area contributed by atoms with Crippen molar-refractivity contribution in [2.24, 2.45) is 11.8 Å². The Balaban J connectivity index is 2.03. The van der Waals surface area contributed by atoms with Crippen molar-refractivity contribution in [3.8, 4) is 0 Å². The van der Waals surface area contributed by atoms with Crippen LogP contribution in [-0.2, 0) is 0 Å². The zero-order chi connectivity index (χ0) is 18.9. The Hall–Kier alpha value is -1.32. The van der Waals surface area contributed by atoms with Crippen LogP contribution in [0.5, 0.6) is 0 Å². The van der Waals surface area contributed by atoms with E-state index in [0.29, 0.717) is 16.5 Å². The van der Waals surface area contributed by atoms with Crippen molar-refractivity contribution in [2.75, 3.05) is 0 Å². The molecule has 0 saturated carbocycles. The van der Waals surface area contributed by atoms with Gasteiger partial charge in [-0.15, -0.1) is 6.58 Å². The molecule has 0 aromatic heterocycles. The molecule has 1 unspecified atom stereocenters. The maximum absolute atomic E-state index is 11.6. The van der Waals surface area contributed by atoms with Gasteiger partial charge < -0.3 is 10.4 Å². The van der Waals surface area contributed by atoms with Gasteiger partial charge in [-0.1, -0.05) is 67.4 Å². The Kier molecular flexibility index (Phi) is 5.78. The van der Waals surface area contributed by atoms with Gasteiger partial charge in [0.15, 0.2) is 0 Å². The van der Waals surface area contributed by atoms with Crippen molar-refractivity contribution >= 4 is 23.2 Å². The van der Waals surface area contributed by atoms with Crippen LogP contribution in [0.4, 0.5) is 0 Å². The fourth-order valence-electron chi connectivity index (χ4n) is 4.19. The predicted molar refractivity (Wildman–Crippen MR) is 110 cm³/mol. The predicted octanol–water partition coefficient (Wildman–Crippen LogP) is 5.96. The Labute approximate surface area is 165 Å². The molecule has 26 heavy (non-hydrogen) atoms. The third-order valence-corrected chi connectivity index (χ3v) is 6.37. The largest absolute Gasteiger partial charge is 0.389 e. The minimum atomic E-state index is -0.860. The van der Waals surface area contributed by atoms with Gasteiger partial charge in [0.2, 0.25) is 0 Å². The van der Waals surface area contributed by atoms with E-state index in [4.69, 9.17) is 23.2 Å². The van der Waals surface area contributed by atoms with Crippen LogP contribution in [0.25, 0.3) is 0 Å². The smallest absolute Gasteiger partial charge is 0.0768 e. The normalized spacial score (nSPS) is 31.6. The molecule has 138 valence electrons. The standard InChI is InChI=1S/C22H25Cl2NO/c1-4-13-22(26)14(2)20(16-5-9-18(23)10-6-16)25-21(15(22)3)17-7-11-19(24)12-8-17/h4-12,14-15,20-21,25-26H,1,13H2,2-3H3/t14-,15-,20-,21+,22?/m1/s1. The third kappa shape index (κ3) is 3.57. The van der Waals surface area contributed by atoms with Crippen LogP contribution in [0, 0.1) is 11.8 Å². The van der Waals surface area contributed by atoms with Crippen LogP contribution in [-0.4, -0.2) is 10.7 Å². The van der Waals surface area contributed by atoms with Gasteiger partial charge >= 0.3 is 0 Å². The average molecular weight is 390 g/mol. The van der Waals surface area contributed by atoms with Gasteiger partial charge in [-0.25, -0.2) is 0 Å². The van der Waals surface area contributed by atoms with E-state index in [1.807, 2.05) is 54.6 Å². The van der Waals surface area contributed by atoms with Crippen molar-refractivity contribution in [3.63, 3.8) is 0 Å². The van der Waals surface area contributed by atoms with Gasteiger partial charge in [-0.05, 0) is 41.8 Å². The van der Waals surface area contributed by atoms with Gasteiger partial charge in [0.1, 0.15) is 0 Å². The van der Waals surface area contributed by atoms with Crippen molar-refractivity contribution in [3.05, 3.63) is 82.4 Å². The topological polar surface area (TPSA) is 32.3 Å². The zero-order valence-electron chi connectivity index (χ0n) is 15.1. The number of hydrogen-bond donors (Lipinski definition) is 2. The molecule has 3 rings (SSSR count). The highest BCUT2D eigenvalue weighted by Crippen LogP contribution is 2.48. The summed E-state index contributed by atoms with van der Waals surface area (Å²) in [5, 5.41) is 16.8. The lowest BCUT2D eigenvalue weighted by atomic mass is 9.65. The lowest BCUT2D eigenvalue weighted by Crippen LogP contribution is -2.57. The molecule has 0 amide bonds. The first-order chi connectivity index (χ1) is 12.4. The highest BCUT2D eigenvalue weighted by molar-refractivity contribution is 6.30. The van der Waals surface area contributed by atoms with Gasteiger partial charge in [-0.2, -0.15) is 0 Å². The Morgan fingerprint density at radius 2 is 1.31 bits per heavy atom. The molecule has 2 nitrogen and oxygen atoms in total. The van der Waals surface area contributed by atoms with Crippen LogP contribution < -0.4 is 5.32 Å². The SMILES string of the molecule is C=CCC1(O)[C@H](C)[C@@H](c2ccc(Cl)cc2)N[C@@H](c2ccc(Cl)cc2)[C@H]1C. The molecular weight excluding hydrogens is 365 g/mol. The van der Waals surface area contributed by atoms with Gasteiger partial charge in [0.05, 0.1) is 5.60 Å². The fourth-order valence-corrected chi connectivity index (χ4v) is 4.44. The second-order valence-electron chi connectivity index (χ2n) is 7.29. The molecule has 1 heterocycles. The minimum Gasteiger partial charge on any atom is -0.389 e. The maximum Gasteiger partial charge on any atom is 0.0768 e. The summed E-state index contributed by atoms with van der Waals surface area (Å²) in [5.41, 5.74) is 1.38. The lowest BCUT2D eigenvalue weighted by molar-refractivity contribution is -0.108. The highest BCUT2D eigenvalue weighted by Gasteiger charge is 2.50. The number of rotatable bonds is 4. The summed E-state index contributed by atoms with van der Waals surface area (Å²) in [6, 6.07) is 15.7. The molecule has 0 radical (unpaired) electrons. The highest BCUT2D eigenvalue weighted by atomic mass is 35.5. The number of aliphatic hydroxyl groups is 1. The van der Waals surface area contributed by atoms with Crippen molar-refractivity contribution in [1.29, 1.82) is 0 Å². The molecule has 0 aliphatic carbocycles. The third-order valence-electron chi connectivity index (χ3n) is 5.87. The van der Waals surface area contributed by atoms with E-state index in [9.17, 15) is 5.11 Å². The van der Waals surface area contributed by atoms with E-state index in [1.165, 1.54) is 0 Å². The average Bonchev–Trinajstić information content (AvgIpc) is 2.63. The Morgan fingerprint density at radius 1 is 0.923 bits per heavy atom.